The van der Waals surface area contributed by atoms with Crippen molar-refractivity contribution in [2.75, 3.05) is 5.73 Å². The van der Waals surface area contributed by atoms with E-state index in [0.717, 1.165) is 21.1 Å². The maximum atomic E-state index is 5.92. The Morgan fingerprint density at radius 1 is 1.28 bits per heavy atom. The number of thiophene rings is 2. The third-order valence-corrected chi connectivity index (χ3v) is 4.91. The molecule has 3 rings (SSSR count). The number of nitrogens with zero attached hydrogens (tertiary/aromatic N) is 1. The molecule has 0 fully saturated rings. The molecule has 18 heavy (non-hydrogen) atoms. The quantitative estimate of drug-likeness (QED) is 0.758. The van der Waals surface area contributed by atoms with Gasteiger partial charge in [-0.15, -0.1) is 22.7 Å². The number of nitrogens with two attached hydrogens (primary N) is 1. The second-order valence-electron chi connectivity index (χ2n) is 4.10. The van der Waals surface area contributed by atoms with E-state index >= 15 is 0 Å². The van der Waals surface area contributed by atoms with Crippen LogP contribution in [0.5, 0.6) is 0 Å². The Morgan fingerprint density at radius 3 is 2.72 bits per heavy atom. The van der Waals surface area contributed by atoms with E-state index < -0.39 is 0 Å². The van der Waals surface area contributed by atoms with E-state index in [-0.39, 0.29) is 0 Å². The summed E-state index contributed by atoms with van der Waals surface area (Å²) >= 11 is 3.35. The van der Waals surface area contributed by atoms with E-state index in [0.29, 0.717) is 5.82 Å². The normalized spacial score (nSPS) is 11.0. The number of nitrogen functional groups attached to an aromatic ring is 1. The molecule has 0 bridgehead atoms. The Bertz CT molecular complexity index is 660. The molecule has 0 aliphatic rings. The van der Waals surface area contributed by atoms with Gasteiger partial charge >= 0.3 is 0 Å². The zero-order valence-corrected chi connectivity index (χ0v) is 11.7. The zero-order valence-electron chi connectivity index (χ0n) is 10.1. The fraction of sp³-hybridized carbons (Fsp3) is 0.154. The third-order valence-electron chi connectivity index (χ3n) is 2.88. The monoisotopic (exact) mass is 276 g/mol. The van der Waals surface area contributed by atoms with Gasteiger partial charge in [-0.3, -0.25) is 0 Å². The van der Waals surface area contributed by atoms with Gasteiger partial charge in [0.2, 0.25) is 0 Å². The van der Waals surface area contributed by atoms with Crippen molar-refractivity contribution in [3.8, 4) is 21.1 Å². The molecule has 3 heterocycles. The van der Waals surface area contributed by atoms with Gasteiger partial charge in [0.05, 0.1) is 10.4 Å². The summed E-state index contributed by atoms with van der Waals surface area (Å²) in [6.45, 7) is 4.20. The van der Waals surface area contributed by atoms with E-state index in [4.69, 9.17) is 10.3 Å². The molecule has 0 atom stereocenters. The molecule has 0 saturated heterocycles. The molecule has 3 nitrogen and oxygen atoms in total. The van der Waals surface area contributed by atoms with E-state index in [1.54, 1.807) is 22.7 Å². The summed E-state index contributed by atoms with van der Waals surface area (Å²) in [4.78, 5) is 3.46. The number of aryl methyl sites for hydroxylation is 2. The lowest BCUT2D eigenvalue weighted by atomic mass is 10.1. The van der Waals surface area contributed by atoms with Crippen LogP contribution in [-0.4, -0.2) is 5.16 Å². The molecule has 0 aromatic carbocycles. The first-order valence-electron chi connectivity index (χ1n) is 5.53. The van der Waals surface area contributed by atoms with Gasteiger partial charge in [0.1, 0.15) is 0 Å². The van der Waals surface area contributed by atoms with Gasteiger partial charge in [-0.05, 0) is 36.9 Å². The van der Waals surface area contributed by atoms with Gasteiger partial charge in [0.15, 0.2) is 11.6 Å². The van der Waals surface area contributed by atoms with Crippen LogP contribution in [0.25, 0.3) is 21.1 Å². The van der Waals surface area contributed by atoms with Crippen molar-refractivity contribution in [3.05, 3.63) is 34.0 Å². The fourth-order valence-corrected chi connectivity index (χ4v) is 3.61. The van der Waals surface area contributed by atoms with E-state index in [9.17, 15) is 0 Å². The minimum Gasteiger partial charge on any atom is -0.380 e. The first-order chi connectivity index (χ1) is 8.66. The first kappa shape index (κ1) is 11.5. The van der Waals surface area contributed by atoms with Crippen molar-refractivity contribution in [3.63, 3.8) is 0 Å². The maximum absolute atomic E-state index is 5.92. The SMILES string of the molecule is Cc1cc(-c2onc(N)c2-c2cccs2)sc1C. The second-order valence-corrected chi connectivity index (χ2v) is 6.30. The van der Waals surface area contributed by atoms with Gasteiger partial charge in [0, 0.05) is 9.75 Å². The number of hydrogen-bond acceptors (Lipinski definition) is 5. The lowest BCUT2D eigenvalue weighted by Crippen LogP contribution is -1.86. The summed E-state index contributed by atoms with van der Waals surface area (Å²) in [5.74, 6) is 1.23. The molecule has 0 aliphatic heterocycles. The van der Waals surface area contributed by atoms with Crippen molar-refractivity contribution in [1.29, 1.82) is 0 Å². The average molecular weight is 276 g/mol. The van der Waals surface area contributed by atoms with Crippen molar-refractivity contribution in [1.82, 2.24) is 5.16 Å². The maximum Gasteiger partial charge on any atom is 0.187 e. The molecule has 3 aromatic rings. The summed E-state index contributed by atoms with van der Waals surface area (Å²) < 4.78 is 5.42. The average Bonchev–Trinajstić information content (AvgIpc) is 3.01. The van der Waals surface area contributed by atoms with Crippen LogP contribution in [0.2, 0.25) is 0 Å². The Balaban J connectivity index is 2.19. The molecule has 0 unspecified atom stereocenters. The fourth-order valence-electron chi connectivity index (χ4n) is 1.81. The van der Waals surface area contributed by atoms with Crippen LogP contribution in [0, 0.1) is 13.8 Å². The van der Waals surface area contributed by atoms with Gasteiger partial charge in [0.25, 0.3) is 0 Å². The van der Waals surface area contributed by atoms with Gasteiger partial charge in [-0.2, -0.15) is 0 Å². The highest BCUT2D eigenvalue weighted by Gasteiger charge is 2.20. The van der Waals surface area contributed by atoms with Crippen molar-refractivity contribution in [2.45, 2.75) is 13.8 Å². The van der Waals surface area contributed by atoms with Gasteiger partial charge < -0.3 is 10.3 Å². The van der Waals surface area contributed by atoms with Gasteiger partial charge in [-0.25, -0.2) is 0 Å². The van der Waals surface area contributed by atoms with Crippen molar-refractivity contribution in [2.24, 2.45) is 0 Å². The number of aromatic nitrogens is 1. The van der Waals surface area contributed by atoms with Crippen molar-refractivity contribution < 1.29 is 4.52 Å². The molecule has 5 heteroatoms. The molecule has 3 aromatic heterocycles. The smallest absolute Gasteiger partial charge is 0.187 e. The van der Waals surface area contributed by atoms with Crippen LogP contribution in [0.4, 0.5) is 5.82 Å². The summed E-state index contributed by atoms with van der Waals surface area (Å²) in [5, 5.41) is 5.93. The Morgan fingerprint density at radius 2 is 2.11 bits per heavy atom. The lowest BCUT2D eigenvalue weighted by Gasteiger charge is -1.96. The minimum absolute atomic E-state index is 0.455. The molecule has 0 spiro atoms. The molecule has 0 amide bonds. The lowest BCUT2D eigenvalue weighted by molar-refractivity contribution is 0.437. The van der Waals surface area contributed by atoms with Crippen LogP contribution in [-0.2, 0) is 0 Å². The summed E-state index contributed by atoms with van der Waals surface area (Å²) in [7, 11) is 0. The Labute approximate surface area is 113 Å². The van der Waals surface area contributed by atoms with Crippen LogP contribution in [0.15, 0.2) is 28.1 Å². The molecule has 2 N–H and O–H groups in total. The topological polar surface area (TPSA) is 52.0 Å². The van der Waals surface area contributed by atoms with Gasteiger partial charge in [-0.1, -0.05) is 11.2 Å². The Hall–Kier alpha value is -1.59. The highest BCUT2D eigenvalue weighted by molar-refractivity contribution is 7.16. The molecular weight excluding hydrogens is 264 g/mol. The van der Waals surface area contributed by atoms with Crippen LogP contribution < -0.4 is 5.73 Å². The standard InChI is InChI=1S/C13H12N2OS2/c1-7-6-10(18-8(7)2)12-11(13(14)15-16-12)9-4-3-5-17-9/h3-6H,1-2H3,(H2,14,15). The number of hydrogen-bond donors (Lipinski definition) is 1. The zero-order chi connectivity index (χ0) is 12.7. The number of rotatable bonds is 2. The molecular formula is C13H12N2OS2. The predicted octanol–water partition coefficient (Wildman–Crippen LogP) is 4.33. The first-order valence-corrected chi connectivity index (χ1v) is 7.23. The highest BCUT2D eigenvalue weighted by Crippen LogP contribution is 2.41. The molecule has 0 saturated carbocycles. The second kappa shape index (κ2) is 4.26. The van der Waals surface area contributed by atoms with Crippen molar-refractivity contribution >= 4 is 28.5 Å². The number of anilines is 1. The minimum atomic E-state index is 0.455. The highest BCUT2D eigenvalue weighted by atomic mass is 32.1. The summed E-state index contributed by atoms with van der Waals surface area (Å²) in [6, 6.07) is 6.16. The van der Waals surface area contributed by atoms with E-state index in [2.05, 4.69) is 25.1 Å². The largest absolute Gasteiger partial charge is 0.380 e. The summed E-state index contributed by atoms with van der Waals surface area (Å²) in [6.07, 6.45) is 0. The third kappa shape index (κ3) is 1.76. The van der Waals surface area contributed by atoms with Crippen LogP contribution >= 0.6 is 22.7 Å². The van der Waals surface area contributed by atoms with Crippen LogP contribution in [0.3, 0.4) is 0 Å². The molecule has 0 radical (unpaired) electrons. The summed E-state index contributed by atoms with van der Waals surface area (Å²) in [5.41, 5.74) is 8.10. The van der Waals surface area contributed by atoms with E-state index in [1.807, 2.05) is 17.5 Å². The van der Waals surface area contributed by atoms with E-state index in [1.165, 1.54) is 10.4 Å². The predicted molar refractivity (Wildman–Crippen MR) is 77.0 cm³/mol. The molecule has 92 valence electrons. The molecule has 0 aliphatic carbocycles. The van der Waals surface area contributed by atoms with Crippen LogP contribution in [0.1, 0.15) is 10.4 Å². The Kier molecular flexibility index (Phi) is 2.72.